The van der Waals surface area contributed by atoms with Gasteiger partial charge in [0.25, 0.3) is 0 Å². The number of rotatable bonds is 9. The van der Waals surface area contributed by atoms with E-state index in [1.54, 1.807) is 6.21 Å². The van der Waals surface area contributed by atoms with Crippen LogP contribution in [0.5, 0.6) is 0 Å². The Morgan fingerprint density at radius 1 is 1.08 bits per heavy atom. The fraction of sp³-hybridized carbons (Fsp3) is 0.567. The van der Waals surface area contributed by atoms with Crippen LogP contribution in [-0.2, 0) is 17.9 Å². The Morgan fingerprint density at radius 2 is 1.72 bits per heavy atom. The van der Waals surface area contributed by atoms with Crippen LogP contribution in [0.2, 0.25) is 0 Å². The number of benzene rings is 2. The highest BCUT2D eigenvalue weighted by Crippen LogP contribution is 2.40. The molecule has 196 valence electrons. The Bertz CT molecular complexity index is 979. The second kappa shape index (κ2) is 11.4. The minimum Gasteiger partial charge on any atom is -0.411 e. The molecule has 2 heterocycles. The maximum Gasteiger partial charge on any atom is 0.0936 e. The first-order valence-corrected chi connectivity index (χ1v) is 13.3. The maximum atomic E-state index is 9.17. The van der Waals surface area contributed by atoms with Crippen LogP contribution in [0.1, 0.15) is 52.2 Å². The van der Waals surface area contributed by atoms with Crippen molar-refractivity contribution in [2.75, 3.05) is 26.2 Å². The normalized spacial score (nSPS) is 25.3. The van der Waals surface area contributed by atoms with E-state index in [1.807, 2.05) is 0 Å². The van der Waals surface area contributed by atoms with Gasteiger partial charge in [-0.15, -0.1) is 5.16 Å². The first-order valence-electron chi connectivity index (χ1n) is 13.3. The lowest BCUT2D eigenvalue weighted by Gasteiger charge is -2.35. The number of nitrogens with zero attached hydrogens (tertiary/aromatic N) is 4. The summed E-state index contributed by atoms with van der Waals surface area (Å²) in [5.74, 6) is 0. The van der Waals surface area contributed by atoms with Crippen LogP contribution in [0.3, 0.4) is 0 Å². The van der Waals surface area contributed by atoms with Gasteiger partial charge in [-0.1, -0.05) is 88.4 Å². The minimum absolute atomic E-state index is 0.112. The molecule has 6 heteroatoms. The average molecular weight is 493 g/mol. The second-order valence-corrected chi connectivity index (χ2v) is 12.2. The molecule has 0 bridgehead atoms. The molecule has 2 aliphatic rings. The zero-order chi connectivity index (χ0) is 25.8. The van der Waals surface area contributed by atoms with E-state index in [4.69, 9.17) is 4.84 Å². The van der Waals surface area contributed by atoms with E-state index in [0.717, 1.165) is 45.7 Å². The summed E-state index contributed by atoms with van der Waals surface area (Å²) in [6, 6.07) is 22.1. The van der Waals surface area contributed by atoms with E-state index in [1.165, 1.54) is 11.1 Å². The Hall–Kier alpha value is -2.25. The lowest BCUT2D eigenvalue weighted by molar-refractivity contribution is -0.196. The Kier molecular flexibility index (Phi) is 8.51. The van der Waals surface area contributed by atoms with Gasteiger partial charge in [0, 0.05) is 56.8 Å². The topological polar surface area (TPSA) is 51.5 Å². The van der Waals surface area contributed by atoms with Crippen molar-refractivity contribution in [2.45, 2.75) is 72.3 Å². The Labute approximate surface area is 217 Å². The molecule has 0 aliphatic carbocycles. The highest BCUT2D eigenvalue weighted by Gasteiger charge is 2.48. The standard InChI is InChI=1S/C30H44N4O2/c1-24-17-32(18-25-12-8-6-9-13-25)23-30(4,5)28-16-27(36-34(24)28)20-33(22-29(2,3)21-31-35)19-26-14-10-7-11-15-26/h6-15,21,24,27-28,35H,16-20,22-23H2,1-5H3/b31-21-. The molecule has 0 saturated carbocycles. The van der Waals surface area contributed by atoms with Crippen LogP contribution in [0.25, 0.3) is 0 Å². The molecule has 2 aromatic carbocycles. The van der Waals surface area contributed by atoms with E-state index in [9.17, 15) is 5.21 Å². The van der Waals surface area contributed by atoms with Crippen molar-refractivity contribution in [1.82, 2.24) is 14.9 Å². The molecule has 4 rings (SSSR count). The zero-order valence-corrected chi connectivity index (χ0v) is 22.7. The number of oxime groups is 1. The van der Waals surface area contributed by atoms with Gasteiger partial charge in [0.05, 0.1) is 12.3 Å². The van der Waals surface area contributed by atoms with E-state index < -0.39 is 0 Å². The molecule has 2 saturated heterocycles. The number of hydrogen-bond acceptors (Lipinski definition) is 6. The largest absolute Gasteiger partial charge is 0.411 e. The molecule has 2 aromatic rings. The van der Waals surface area contributed by atoms with Gasteiger partial charge < -0.3 is 5.21 Å². The molecule has 36 heavy (non-hydrogen) atoms. The summed E-state index contributed by atoms with van der Waals surface area (Å²) in [5, 5.41) is 14.8. The Morgan fingerprint density at radius 3 is 2.36 bits per heavy atom. The third-order valence-corrected chi connectivity index (χ3v) is 7.55. The molecule has 2 fully saturated rings. The highest BCUT2D eigenvalue weighted by molar-refractivity contribution is 5.64. The number of hydroxylamine groups is 2. The van der Waals surface area contributed by atoms with Gasteiger partial charge in [-0.3, -0.25) is 14.6 Å². The molecule has 3 atom stereocenters. The van der Waals surface area contributed by atoms with Crippen molar-refractivity contribution < 1.29 is 10.0 Å². The fourth-order valence-corrected chi connectivity index (χ4v) is 6.07. The fourth-order valence-electron chi connectivity index (χ4n) is 6.07. The van der Waals surface area contributed by atoms with E-state index in [-0.39, 0.29) is 16.9 Å². The van der Waals surface area contributed by atoms with E-state index in [0.29, 0.717) is 12.1 Å². The van der Waals surface area contributed by atoms with Crippen molar-refractivity contribution in [2.24, 2.45) is 16.0 Å². The third kappa shape index (κ3) is 6.94. The number of hydrogen-bond donors (Lipinski definition) is 1. The minimum atomic E-state index is -0.239. The summed E-state index contributed by atoms with van der Waals surface area (Å²) in [5.41, 5.74) is 2.53. The quantitative estimate of drug-likeness (QED) is 0.293. The molecule has 2 aliphatic heterocycles. The van der Waals surface area contributed by atoms with Gasteiger partial charge >= 0.3 is 0 Å². The zero-order valence-electron chi connectivity index (χ0n) is 22.7. The summed E-state index contributed by atoms with van der Waals surface area (Å²) in [6.45, 7) is 16.8. The van der Waals surface area contributed by atoms with Crippen LogP contribution in [-0.4, -0.2) is 70.7 Å². The molecule has 1 N–H and O–H groups in total. The summed E-state index contributed by atoms with van der Waals surface area (Å²) in [6.07, 6.45) is 2.81. The average Bonchev–Trinajstić information content (AvgIpc) is 3.21. The van der Waals surface area contributed by atoms with Crippen LogP contribution >= 0.6 is 0 Å². The number of fused-ring (bicyclic) bond motifs is 1. The molecule has 0 amide bonds. The van der Waals surface area contributed by atoms with Crippen molar-refractivity contribution in [3.8, 4) is 0 Å². The molecular weight excluding hydrogens is 448 g/mol. The maximum absolute atomic E-state index is 9.17. The van der Waals surface area contributed by atoms with Gasteiger partial charge in [-0.05, 0) is 29.9 Å². The molecule has 0 aromatic heterocycles. The lowest BCUT2D eigenvalue weighted by atomic mass is 9.81. The van der Waals surface area contributed by atoms with E-state index in [2.05, 4.69) is 115 Å². The van der Waals surface area contributed by atoms with Crippen LogP contribution < -0.4 is 0 Å². The molecule has 0 radical (unpaired) electrons. The predicted molar refractivity (Wildman–Crippen MR) is 146 cm³/mol. The van der Waals surface area contributed by atoms with Gasteiger partial charge in [-0.2, -0.15) is 5.06 Å². The molecule has 6 nitrogen and oxygen atoms in total. The SMILES string of the molecule is CC1CN(Cc2ccccc2)CC(C)(C)C2CC(CN(Cc3ccccc3)CC(C)(C)/C=N\O)ON12. The van der Waals surface area contributed by atoms with Gasteiger partial charge in [0.1, 0.15) is 0 Å². The molecular formula is C30H44N4O2. The van der Waals surface area contributed by atoms with Gasteiger partial charge in [0.15, 0.2) is 0 Å². The van der Waals surface area contributed by atoms with Crippen molar-refractivity contribution >= 4 is 6.21 Å². The van der Waals surface area contributed by atoms with Crippen molar-refractivity contribution in [3.05, 3.63) is 71.8 Å². The predicted octanol–water partition coefficient (Wildman–Crippen LogP) is 5.28. The van der Waals surface area contributed by atoms with Crippen LogP contribution in [0, 0.1) is 10.8 Å². The third-order valence-electron chi connectivity index (χ3n) is 7.55. The summed E-state index contributed by atoms with van der Waals surface area (Å²) in [4.78, 5) is 11.8. The Balaban J connectivity index is 1.45. The molecule has 0 spiro atoms. The first kappa shape index (κ1) is 26.8. The summed E-state index contributed by atoms with van der Waals surface area (Å²) >= 11 is 0. The van der Waals surface area contributed by atoms with Crippen molar-refractivity contribution in [1.29, 1.82) is 0 Å². The van der Waals surface area contributed by atoms with Crippen molar-refractivity contribution in [3.63, 3.8) is 0 Å². The second-order valence-electron chi connectivity index (χ2n) is 12.2. The molecule has 3 unspecified atom stereocenters. The van der Waals surface area contributed by atoms with E-state index >= 15 is 0 Å². The summed E-state index contributed by atoms with van der Waals surface area (Å²) in [7, 11) is 0. The van der Waals surface area contributed by atoms with Crippen LogP contribution in [0.4, 0.5) is 0 Å². The van der Waals surface area contributed by atoms with Gasteiger partial charge in [-0.25, -0.2) is 0 Å². The first-order chi connectivity index (χ1) is 17.1. The highest BCUT2D eigenvalue weighted by atomic mass is 16.7. The lowest BCUT2D eigenvalue weighted by Crippen LogP contribution is -2.44. The van der Waals surface area contributed by atoms with Crippen LogP contribution in [0.15, 0.2) is 65.8 Å². The monoisotopic (exact) mass is 492 g/mol. The smallest absolute Gasteiger partial charge is 0.0936 e. The van der Waals surface area contributed by atoms with Gasteiger partial charge in [0.2, 0.25) is 0 Å². The summed E-state index contributed by atoms with van der Waals surface area (Å²) < 4.78 is 0.